The zero-order valence-corrected chi connectivity index (χ0v) is 16.4. The zero-order valence-electron chi connectivity index (χ0n) is 14.0. The molecule has 4 aromatic rings. The number of benzene rings is 2. The van der Waals surface area contributed by atoms with Crippen LogP contribution in [0.5, 0.6) is 0 Å². The van der Waals surface area contributed by atoms with Crippen molar-refractivity contribution >= 4 is 34.7 Å². The van der Waals surface area contributed by atoms with Crippen LogP contribution in [0, 0.1) is 11.3 Å². The summed E-state index contributed by atoms with van der Waals surface area (Å²) in [5.41, 5.74) is 2.76. The van der Waals surface area contributed by atoms with Crippen LogP contribution in [0.3, 0.4) is 0 Å². The molecule has 0 saturated heterocycles. The van der Waals surface area contributed by atoms with E-state index < -0.39 is 0 Å². The maximum Gasteiger partial charge on any atom is 0.196 e. The van der Waals surface area contributed by atoms with Crippen LogP contribution in [0.25, 0.3) is 16.4 Å². The van der Waals surface area contributed by atoms with Crippen molar-refractivity contribution in [3.63, 3.8) is 0 Å². The number of hydrogen-bond donors (Lipinski definition) is 0. The molecule has 2 aromatic heterocycles. The first-order valence-corrected chi connectivity index (χ1v) is 10.4. The van der Waals surface area contributed by atoms with Crippen LogP contribution in [-0.4, -0.2) is 14.8 Å². The molecule has 27 heavy (non-hydrogen) atoms. The van der Waals surface area contributed by atoms with Gasteiger partial charge in [0.2, 0.25) is 0 Å². The van der Waals surface area contributed by atoms with E-state index >= 15 is 0 Å². The van der Waals surface area contributed by atoms with Crippen LogP contribution >= 0.6 is 34.7 Å². The first-order valence-electron chi connectivity index (χ1n) is 8.11. The van der Waals surface area contributed by atoms with Crippen molar-refractivity contribution in [3.05, 3.63) is 82.2 Å². The number of nitrogens with zero attached hydrogens (tertiary/aromatic N) is 4. The monoisotopic (exact) mass is 408 g/mol. The van der Waals surface area contributed by atoms with E-state index in [0.717, 1.165) is 32.9 Å². The molecule has 0 aliphatic heterocycles. The van der Waals surface area contributed by atoms with Crippen LogP contribution in [-0.2, 0) is 5.75 Å². The second-order valence-electron chi connectivity index (χ2n) is 5.69. The lowest BCUT2D eigenvalue weighted by atomic mass is 10.2. The van der Waals surface area contributed by atoms with Crippen molar-refractivity contribution < 1.29 is 0 Å². The minimum absolute atomic E-state index is 0.660. The lowest BCUT2D eigenvalue weighted by Gasteiger charge is -2.09. The van der Waals surface area contributed by atoms with Crippen LogP contribution in [0.1, 0.15) is 11.1 Å². The summed E-state index contributed by atoms with van der Waals surface area (Å²) in [5.74, 6) is 1.55. The first kappa shape index (κ1) is 17.8. The van der Waals surface area contributed by atoms with Crippen molar-refractivity contribution in [1.82, 2.24) is 14.8 Å². The highest BCUT2D eigenvalue weighted by Gasteiger charge is 2.17. The Morgan fingerprint density at radius 2 is 1.81 bits per heavy atom. The predicted molar refractivity (Wildman–Crippen MR) is 110 cm³/mol. The Bertz CT molecular complexity index is 1080. The molecule has 0 N–H and O–H groups in total. The van der Waals surface area contributed by atoms with Crippen molar-refractivity contribution in [2.24, 2.45) is 0 Å². The van der Waals surface area contributed by atoms with Gasteiger partial charge in [0.25, 0.3) is 0 Å². The summed E-state index contributed by atoms with van der Waals surface area (Å²) >= 11 is 9.29. The standard InChI is InChI=1S/C20H13ClN4S2/c21-16-7-9-17(10-8-16)25-19(18-2-1-11-26-18)23-24-20(25)27-13-15-5-3-14(12-22)4-6-15/h1-11H,13H2. The number of nitriles is 1. The molecule has 4 nitrogen and oxygen atoms in total. The Labute approximate surface area is 170 Å². The molecule has 0 radical (unpaired) electrons. The van der Waals surface area contributed by atoms with Crippen LogP contribution in [0.15, 0.2) is 71.2 Å². The predicted octanol–water partition coefficient (Wildman–Crippen LogP) is 5.81. The van der Waals surface area contributed by atoms with Gasteiger partial charge >= 0.3 is 0 Å². The average molecular weight is 409 g/mol. The number of halogens is 1. The Kier molecular flexibility index (Phi) is 5.26. The molecule has 7 heteroatoms. The zero-order chi connectivity index (χ0) is 18.6. The van der Waals surface area contributed by atoms with E-state index in [9.17, 15) is 0 Å². The van der Waals surface area contributed by atoms with Gasteiger partial charge in [-0.05, 0) is 53.4 Å². The highest BCUT2D eigenvalue weighted by atomic mass is 35.5. The van der Waals surface area contributed by atoms with E-state index in [1.165, 1.54) is 0 Å². The molecular weight excluding hydrogens is 396 g/mol. The van der Waals surface area contributed by atoms with Crippen LogP contribution < -0.4 is 0 Å². The van der Waals surface area contributed by atoms with E-state index in [1.54, 1.807) is 23.1 Å². The molecule has 0 amide bonds. The molecule has 0 bridgehead atoms. The van der Waals surface area contributed by atoms with Crippen LogP contribution in [0.2, 0.25) is 5.02 Å². The van der Waals surface area contributed by atoms with E-state index in [4.69, 9.17) is 16.9 Å². The normalized spacial score (nSPS) is 10.7. The molecule has 0 aliphatic rings. The van der Waals surface area contributed by atoms with Gasteiger partial charge in [0.1, 0.15) is 0 Å². The fraction of sp³-hybridized carbons (Fsp3) is 0.0500. The summed E-state index contributed by atoms with van der Waals surface area (Å²) in [7, 11) is 0. The molecule has 0 aliphatic carbocycles. The summed E-state index contributed by atoms with van der Waals surface area (Å²) in [6, 6.07) is 21.4. The van der Waals surface area contributed by atoms with E-state index in [1.807, 2.05) is 66.0 Å². The first-order chi connectivity index (χ1) is 13.2. The number of thiophene rings is 1. The number of aromatic nitrogens is 3. The van der Waals surface area contributed by atoms with Gasteiger partial charge in [-0.2, -0.15) is 5.26 Å². The third-order valence-corrected chi connectivity index (χ3v) is 6.03. The lowest BCUT2D eigenvalue weighted by molar-refractivity contribution is 0.886. The Morgan fingerprint density at radius 1 is 1.04 bits per heavy atom. The Morgan fingerprint density at radius 3 is 2.48 bits per heavy atom. The van der Waals surface area contributed by atoms with Crippen molar-refractivity contribution in [2.75, 3.05) is 0 Å². The number of rotatable bonds is 5. The minimum atomic E-state index is 0.660. The highest BCUT2D eigenvalue weighted by molar-refractivity contribution is 7.98. The molecule has 0 spiro atoms. The van der Waals surface area contributed by atoms with Gasteiger partial charge in [-0.15, -0.1) is 21.5 Å². The fourth-order valence-electron chi connectivity index (χ4n) is 2.58. The van der Waals surface area contributed by atoms with Gasteiger partial charge in [0, 0.05) is 16.5 Å². The van der Waals surface area contributed by atoms with Crippen molar-refractivity contribution in [2.45, 2.75) is 10.9 Å². The molecule has 2 aromatic carbocycles. The third kappa shape index (κ3) is 3.91. The number of thioether (sulfide) groups is 1. The van der Waals surface area contributed by atoms with Crippen molar-refractivity contribution in [3.8, 4) is 22.5 Å². The highest BCUT2D eigenvalue weighted by Crippen LogP contribution is 2.32. The summed E-state index contributed by atoms with van der Waals surface area (Å²) in [6.07, 6.45) is 0. The second-order valence-corrected chi connectivity index (χ2v) is 8.02. The van der Waals surface area contributed by atoms with E-state index in [2.05, 4.69) is 20.8 Å². The fourth-order valence-corrected chi connectivity index (χ4v) is 4.31. The Hall–Kier alpha value is -2.59. The molecular formula is C20H13ClN4S2. The molecule has 0 atom stereocenters. The van der Waals surface area contributed by atoms with Gasteiger partial charge in [0.15, 0.2) is 11.0 Å². The summed E-state index contributed by atoms with van der Waals surface area (Å²) in [6.45, 7) is 0. The van der Waals surface area contributed by atoms with Crippen molar-refractivity contribution in [1.29, 1.82) is 5.26 Å². The van der Waals surface area contributed by atoms with Gasteiger partial charge in [-0.3, -0.25) is 4.57 Å². The largest absolute Gasteiger partial charge is 0.269 e. The number of hydrogen-bond acceptors (Lipinski definition) is 5. The maximum atomic E-state index is 8.93. The summed E-state index contributed by atoms with van der Waals surface area (Å²) < 4.78 is 2.05. The van der Waals surface area contributed by atoms with Gasteiger partial charge < -0.3 is 0 Å². The van der Waals surface area contributed by atoms with E-state index in [-0.39, 0.29) is 0 Å². The molecule has 0 unspecified atom stereocenters. The van der Waals surface area contributed by atoms with E-state index in [0.29, 0.717) is 10.6 Å². The second kappa shape index (κ2) is 7.97. The quantitative estimate of drug-likeness (QED) is 0.391. The minimum Gasteiger partial charge on any atom is -0.269 e. The smallest absolute Gasteiger partial charge is 0.196 e. The lowest BCUT2D eigenvalue weighted by Crippen LogP contribution is -1.99. The van der Waals surface area contributed by atoms with Gasteiger partial charge in [-0.25, -0.2) is 0 Å². The SMILES string of the molecule is N#Cc1ccc(CSc2nnc(-c3cccs3)n2-c2ccc(Cl)cc2)cc1. The molecule has 2 heterocycles. The summed E-state index contributed by atoms with van der Waals surface area (Å²) in [5, 5.41) is 21.3. The molecule has 132 valence electrons. The van der Waals surface area contributed by atoms with Gasteiger partial charge in [0.05, 0.1) is 16.5 Å². The third-order valence-electron chi connectivity index (χ3n) is 3.91. The van der Waals surface area contributed by atoms with Gasteiger partial charge in [-0.1, -0.05) is 41.6 Å². The Balaban J connectivity index is 1.67. The summed E-state index contributed by atoms with van der Waals surface area (Å²) in [4.78, 5) is 1.06. The maximum absolute atomic E-state index is 8.93. The molecule has 4 rings (SSSR count). The average Bonchev–Trinajstić information content (AvgIpc) is 3.37. The molecule has 0 fully saturated rings. The topological polar surface area (TPSA) is 54.5 Å². The van der Waals surface area contributed by atoms with Crippen LogP contribution in [0.4, 0.5) is 0 Å². The molecule has 0 saturated carbocycles.